The van der Waals surface area contributed by atoms with Gasteiger partial charge in [-0.2, -0.15) is 9.97 Å². The molecule has 5 saturated heterocycles. The Morgan fingerprint density at radius 2 is 1.69 bits per heavy atom. The molecular weight excluding hydrogens is 1100 g/mol. The van der Waals surface area contributed by atoms with Crippen LogP contribution in [0.25, 0.3) is 43.4 Å². The summed E-state index contributed by atoms with van der Waals surface area (Å²) >= 11 is 1.60. The molecule has 5 aliphatic heterocycles. The highest BCUT2D eigenvalue weighted by atomic mass is 32.1. The van der Waals surface area contributed by atoms with Crippen LogP contribution >= 0.6 is 11.3 Å². The van der Waals surface area contributed by atoms with Crippen molar-refractivity contribution in [2.45, 2.75) is 154 Å². The topological polar surface area (TPSA) is 202 Å². The monoisotopic (exact) mass is 1180 g/mol. The fourth-order valence-electron chi connectivity index (χ4n) is 13.9. The minimum absolute atomic E-state index is 0.00545. The second kappa shape index (κ2) is 24.9. The molecule has 0 aliphatic carbocycles. The highest BCUT2D eigenvalue weighted by Gasteiger charge is 2.50. The number of likely N-dealkylation sites (tertiary alicyclic amines) is 2. The number of pyridine rings is 1. The zero-order chi connectivity index (χ0) is 58.9. The first-order valence-corrected chi connectivity index (χ1v) is 31.6. The summed E-state index contributed by atoms with van der Waals surface area (Å²) < 4.78 is 42.1. The van der Waals surface area contributed by atoms with Gasteiger partial charge in [-0.25, -0.2) is 14.2 Å². The van der Waals surface area contributed by atoms with E-state index < -0.39 is 17.8 Å². The molecular formula is C65H77FN10O8S. The van der Waals surface area contributed by atoms with Crippen LogP contribution in [0.4, 0.5) is 15.0 Å². The fraction of sp³-hybridized carbons (Fsp3) is 0.508. The second-order valence-electron chi connectivity index (χ2n) is 24.3. The van der Waals surface area contributed by atoms with Gasteiger partial charge in [0, 0.05) is 69.4 Å². The van der Waals surface area contributed by atoms with Gasteiger partial charge in [0.2, 0.25) is 11.8 Å². The van der Waals surface area contributed by atoms with E-state index in [0.717, 1.165) is 122 Å². The second-order valence-corrected chi connectivity index (χ2v) is 25.1. The SMILES string of the molecule is CCc1cccc2cc(O)cc(-c3ncc4c(N5CCCCCC5)nc(OC[C@]56CCCN5[C@H](COC(=O)N5CCC(Oc7cc([C@@H](C(=O)N8CCC[C@H]8C(=O)N[C@@H](C)c8ccc(-c9scnc9C)cc8)C(C)C)on7)CC5)CC6)nc4c3F)c12. The number of thiazole rings is 1. The molecule has 0 saturated carbocycles. The number of aryl methyl sites for hydroxylation is 2. The number of rotatable bonds is 17. The summed E-state index contributed by atoms with van der Waals surface area (Å²) in [5, 5.41) is 20.4. The Balaban J connectivity index is 0.646. The number of carbonyl (C=O) groups is 3. The van der Waals surface area contributed by atoms with Gasteiger partial charge < -0.3 is 43.9 Å². The number of benzene rings is 3. The number of phenolic OH excluding ortho intramolecular Hbond substituents is 1. The zero-order valence-corrected chi connectivity index (χ0v) is 50.2. The highest BCUT2D eigenvalue weighted by Crippen LogP contribution is 2.44. The maximum absolute atomic E-state index is 17.3. The van der Waals surface area contributed by atoms with Gasteiger partial charge in [-0.1, -0.05) is 76.1 Å². The molecule has 12 rings (SSSR count). The van der Waals surface area contributed by atoms with Gasteiger partial charge in [0.15, 0.2) is 11.6 Å². The van der Waals surface area contributed by atoms with Crippen molar-refractivity contribution in [1.82, 2.24) is 45.1 Å². The number of aromatic hydroxyl groups is 1. The van der Waals surface area contributed by atoms with Crippen LogP contribution in [0.3, 0.4) is 0 Å². The Hall–Kier alpha value is -7.45. The molecule has 2 N–H and O–H groups in total. The van der Waals surface area contributed by atoms with Crippen LogP contribution in [-0.2, 0) is 20.7 Å². The molecule has 85 heavy (non-hydrogen) atoms. The Bertz CT molecular complexity index is 3560. The molecule has 5 atom stereocenters. The van der Waals surface area contributed by atoms with Gasteiger partial charge in [-0.15, -0.1) is 11.3 Å². The van der Waals surface area contributed by atoms with Gasteiger partial charge >= 0.3 is 12.1 Å². The quantitative estimate of drug-likeness (QED) is 0.0871. The van der Waals surface area contributed by atoms with E-state index in [1.165, 1.54) is 0 Å². The summed E-state index contributed by atoms with van der Waals surface area (Å²) in [4.78, 5) is 69.9. The predicted octanol–water partition coefficient (Wildman–Crippen LogP) is 11.7. The van der Waals surface area contributed by atoms with Crippen LogP contribution in [0.1, 0.15) is 139 Å². The number of piperidine rings is 1. The first-order chi connectivity index (χ1) is 41.2. The molecule has 4 aromatic heterocycles. The van der Waals surface area contributed by atoms with Crippen molar-refractivity contribution in [2.24, 2.45) is 5.92 Å². The summed E-state index contributed by atoms with van der Waals surface area (Å²) in [6, 6.07) is 18.3. The van der Waals surface area contributed by atoms with E-state index in [-0.39, 0.29) is 83.0 Å². The summed E-state index contributed by atoms with van der Waals surface area (Å²) in [6.45, 7) is 14.2. The Kier molecular flexibility index (Phi) is 17.0. The number of hydrogen-bond acceptors (Lipinski definition) is 16. The minimum atomic E-state index is -0.665. The first kappa shape index (κ1) is 58.0. The first-order valence-electron chi connectivity index (χ1n) is 30.7. The summed E-state index contributed by atoms with van der Waals surface area (Å²) in [7, 11) is 0. The lowest BCUT2D eigenvalue weighted by Crippen LogP contribution is -2.48. The van der Waals surface area contributed by atoms with Gasteiger partial charge in [0.1, 0.15) is 54.1 Å². The number of carbonyl (C=O) groups excluding carboxylic acids is 3. The van der Waals surface area contributed by atoms with E-state index in [4.69, 9.17) is 33.7 Å². The van der Waals surface area contributed by atoms with Crippen LogP contribution < -0.4 is 19.7 Å². The Morgan fingerprint density at radius 1 is 0.894 bits per heavy atom. The van der Waals surface area contributed by atoms with E-state index in [1.807, 2.05) is 63.5 Å². The van der Waals surface area contributed by atoms with Crippen molar-refractivity contribution < 1.29 is 42.6 Å². The van der Waals surface area contributed by atoms with Gasteiger partial charge in [-0.3, -0.25) is 19.5 Å². The molecule has 20 heteroatoms. The van der Waals surface area contributed by atoms with E-state index in [1.54, 1.807) is 45.5 Å². The lowest BCUT2D eigenvalue weighted by Gasteiger charge is -2.35. The van der Waals surface area contributed by atoms with Gasteiger partial charge in [0.25, 0.3) is 5.88 Å². The summed E-state index contributed by atoms with van der Waals surface area (Å²) in [5.74, 6) is -0.442. The average Bonchev–Trinajstić information content (AvgIpc) is 2.54. The number of fused-ring (bicyclic) bond motifs is 3. The third kappa shape index (κ3) is 11.8. The Labute approximate surface area is 499 Å². The number of hydrogen-bond donors (Lipinski definition) is 2. The van der Waals surface area contributed by atoms with Gasteiger partial charge in [-0.05, 0) is 129 Å². The molecule has 7 aromatic rings. The van der Waals surface area contributed by atoms with Crippen LogP contribution in [0.5, 0.6) is 17.6 Å². The van der Waals surface area contributed by atoms with E-state index in [0.29, 0.717) is 68.0 Å². The fourth-order valence-corrected chi connectivity index (χ4v) is 14.7. The number of ether oxygens (including phenoxy) is 3. The smallest absolute Gasteiger partial charge is 0.409 e. The largest absolute Gasteiger partial charge is 0.508 e. The van der Waals surface area contributed by atoms with E-state index in [9.17, 15) is 19.5 Å². The molecule has 448 valence electrons. The Morgan fingerprint density at radius 3 is 2.45 bits per heavy atom. The number of phenols is 1. The predicted molar refractivity (Wildman–Crippen MR) is 323 cm³/mol. The van der Waals surface area contributed by atoms with Crippen molar-refractivity contribution in [3.8, 4) is 39.3 Å². The zero-order valence-electron chi connectivity index (χ0n) is 49.4. The molecule has 5 fully saturated rings. The number of nitrogens with zero attached hydrogens (tertiary/aromatic N) is 9. The molecule has 9 heterocycles. The molecule has 3 amide bonds. The maximum Gasteiger partial charge on any atom is 0.409 e. The lowest BCUT2D eigenvalue weighted by molar-refractivity contribution is -0.141. The summed E-state index contributed by atoms with van der Waals surface area (Å²) in [6.07, 6.45) is 12.0. The average molecular weight is 1180 g/mol. The number of amides is 3. The van der Waals surface area contributed by atoms with Crippen LogP contribution in [0.2, 0.25) is 0 Å². The standard InChI is InChI=1S/C65H77FN10O8S/c1-6-42-14-11-15-45-32-47(77)33-49(55(42)45)57-56(66)58-50(35-67-57)60(73-26-9-7-8-10-27-73)71-63(70-58)82-37-65-24-13-29-76(65)46(21-25-65)36-81-64(80)74-30-22-48(23-31-74)83-53-34-52(84-72-53)54(39(2)3)62(79)75-28-12-16-51(75)61(78)69-40(4)43-17-19-44(20-18-43)59-41(5)68-38-85-59/h11,14-15,17-20,32-35,38-40,46,48,51,54,77H,6-10,12-13,16,21-31,36-37H2,1-5H3,(H,69,78)/t40-,46-,51-,54-,65+/m0/s1. The molecule has 5 aliphatic rings. The lowest BCUT2D eigenvalue weighted by atomic mass is 9.91. The molecule has 18 nitrogen and oxygen atoms in total. The van der Waals surface area contributed by atoms with Crippen molar-refractivity contribution in [2.75, 3.05) is 57.4 Å². The number of halogens is 1. The summed E-state index contributed by atoms with van der Waals surface area (Å²) in [5.41, 5.74) is 6.35. The number of anilines is 1. The van der Waals surface area contributed by atoms with E-state index >= 15 is 4.39 Å². The van der Waals surface area contributed by atoms with Crippen molar-refractivity contribution in [3.05, 3.63) is 101 Å². The molecule has 0 radical (unpaired) electrons. The molecule has 3 aromatic carbocycles. The van der Waals surface area contributed by atoms with Crippen LogP contribution in [0, 0.1) is 18.7 Å². The van der Waals surface area contributed by atoms with Crippen molar-refractivity contribution in [3.63, 3.8) is 0 Å². The third-order valence-corrected chi connectivity index (χ3v) is 19.5. The number of aromatic nitrogens is 5. The van der Waals surface area contributed by atoms with Crippen molar-refractivity contribution >= 4 is 56.7 Å². The van der Waals surface area contributed by atoms with E-state index in [2.05, 4.69) is 44.3 Å². The highest BCUT2D eigenvalue weighted by molar-refractivity contribution is 7.13. The normalized spacial score (nSPS) is 21.1. The third-order valence-electron chi connectivity index (χ3n) is 18.5. The van der Waals surface area contributed by atoms with Crippen LogP contribution in [0.15, 0.2) is 76.9 Å². The maximum atomic E-state index is 17.3. The van der Waals surface area contributed by atoms with Crippen LogP contribution in [-0.4, -0.2) is 139 Å². The molecule has 0 spiro atoms. The number of nitrogens with one attached hydrogen (secondary N) is 1. The van der Waals surface area contributed by atoms with Crippen molar-refractivity contribution in [1.29, 1.82) is 0 Å². The minimum Gasteiger partial charge on any atom is -0.508 e. The molecule has 0 bridgehead atoms. The van der Waals surface area contributed by atoms with Gasteiger partial charge in [0.05, 0.1) is 33.0 Å². The molecule has 0 unspecified atom stereocenters.